The molecule has 0 atom stereocenters. The van der Waals surface area contributed by atoms with Crippen LogP contribution in [0.3, 0.4) is 0 Å². The molecule has 0 spiro atoms. The lowest BCUT2D eigenvalue weighted by Gasteiger charge is -2.18. The highest BCUT2D eigenvalue weighted by Gasteiger charge is 2.23. The summed E-state index contributed by atoms with van der Waals surface area (Å²) in [7, 11) is 0. The van der Waals surface area contributed by atoms with Crippen molar-refractivity contribution in [2.24, 2.45) is 0 Å². The van der Waals surface area contributed by atoms with Crippen LogP contribution >= 0.6 is 0 Å². The minimum absolute atomic E-state index is 0.573. The second-order valence-electron chi connectivity index (χ2n) is 4.20. The molecule has 1 aromatic rings. The number of nitrogens with zero attached hydrogens (tertiary/aromatic N) is 2. The predicted molar refractivity (Wildman–Crippen MR) is 58.5 cm³/mol. The van der Waals surface area contributed by atoms with E-state index in [1.165, 1.54) is 12.8 Å². The summed E-state index contributed by atoms with van der Waals surface area (Å²) in [6, 6.07) is 0.573. The third-order valence-corrected chi connectivity index (χ3v) is 2.88. The van der Waals surface area contributed by atoms with E-state index in [1.54, 1.807) is 0 Å². The molecule has 5 nitrogen and oxygen atoms in total. The molecule has 2 aliphatic rings. The van der Waals surface area contributed by atoms with Crippen LogP contribution in [0.2, 0.25) is 0 Å². The number of nitrogens with two attached hydrogens (primary N) is 1. The molecule has 0 saturated heterocycles. The van der Waals surface area contributed by atoms with E-state index in [0.29, 0.717) is 17.8 Å². The Kier molecular flexibility index (Phi) is 1.98. The largest absolute Gasteiger partial charge is 0.383 e. The number of rotatable bonds is 2. The number of hydrogen-bond donors (Lipinski definition) is 3. The zero-order chi connectivity index (χ0) is 10.3. The maximum Gasteiger partial charge on any atom is 0.225 e. The Morgan fingerprint density at radius 2 is 2.20 bits per heavy atom. The summed E-state index contributed by atoms with van der Waals surface area (Å²) in [5.74, 6) is 1.33. The fourth-order valence-electron chi connectivity index (χ4n) is 1.84. The van der Waals surface area contributed by atoms with Crippen LogP contribution in [0, 0.1) is 0 Å². The maximum absolute atomic E-state index is 5.91. The quantitative estimate of drug-likeness (QED) is 0.646. The number of nitrogen functional groups attached to an aromatic ring is 1. The molecule has 0 amide bonds. The zero-order valence-electron chi connectivity index (χ0n) is 8.58. The van der Waals surface area contributed by atoms with Gasteiger partial charge in [-0.2, -0.15) is 4.98 Å². The van der Waals surface area contributed by atoms with Crippen molar-refractivity contribution in [1.82, 2.24) is 15.3 Å². The molecule has 5 heteroatoms. The number of fused-ring (bicyclic) bond motifs is 1. The van der Waals surface area contributed by atoms with E-state index in [1.807, 2.05) is 0 Å². The molecule has 1 saturated carbocycles. The highest BCUT2D eigenvalue weighted by atomic mass is 15.2. The van der Waals surface area contributed by atoms with Gasteiger partial charge in [-0.1, -0.05) is 0 Å². The van der Waals surface area contributed by atoms with Crippen molar-refractivity contribution >= 4 is 11.8 Å². The molecule has 0 aromatic carbocycles. The summed E-state index contributed by atoms with van der Waals surface area (Å²) in [6.07, 6.45) is 3.39. The van der Waals surface area contributed by atoms with Crippen LogP contribution in [-0.4, -0.2) is 22.6 Å². The minimum atomic E-state index is 0.573. The number of nitrogens with one attached hydrogen (secondary N) is 2. The van der Waals surface area contributed by atoms with E-state index in [9.17, 15) is 0 Å². The van der Waals surface area contributed by atoms with Gasteiger partial charge in [-0.3, -0.25) is 0 Å². The van der Waals surface area contributed by atoms with Gasteiger partial charge in [0.2, 0.25) is 5.95 Å². The van der Waals surface area contributed by atoms with E-state index < -0.39 is 0 Å². The number of hydrogen-bond acceptors (Lipinski definition) is 5. The molecular weight excluding hydrogens is 190 g/mol. The summed E-state index contributed by atoms with van der Waals surface area (Å²) in [5, 5.41) is 6.56. The second kappa shape index (κ2) is 3.34. The fourth-order valence-corrected chi connectivity index (χ4v) is 1.84. The molecule has 15 heavy (non-hydrogen) atoms. The third-order valence-electron chi connectivity index (χ3n) is 2.88. The van der Waals surface area contributed by atoms with Crippen molar-refractivity contribution in [2.45, 2.75) is 31.8 Å². The van der Waals surface area contributed by atoms with Gasteiger partial charge < -0.3 is 16.4 Å². The maximum atomic E-state index is 5.91. The highest BCUT2D eigenvalue weighted by molar-refractivity contribution is 5.48. The average Bonchev–Trinajstić information content (AvgIpc) is 3.02. The van der Waals surface area contributed by atoms with E-state index in [0.717, 1.165) is 30.8 Å². The van der Waals surface area contributed by atoms with Gasteiger partial charge >= 0.3 is 0 Å². The van der Waals surface area contributed by atoms with Gasteiger partial charge in [0.05, 0.1) is 5.69 Å². The Morgan fingerprint density at radius 3 is 3.00 bits per heavy atom. The highest BCUT2D eigenvalue weighted by Crippen LogP contribution is 2.25. The molecule has 80 valence electrons. The van der Waals surface area contributed by atoms with Crippen LogP contribution in [0.25, 0.3) is 0 Å². The molecule has 0 radical (unpaired) electrons. The van der Waals surface area contributed by atoms with E-state index in [-0.39, 0.29) is 0 Å². The van der Waals surface area contributed by atoms with Gasteiger partial charge in [0.1, 0.15) is 5.82 Å². The fraction of sp³-hybridized carbons (Fsp3) is 0.600. The lowest BCUT2D eigenvalue weighted by Crippen LogP contribution is -2.26. The van der Waals surface area contributed by atoms with Gasteiger partial charge in [-0.05, 0) is 12.8 Å². The van der Waals surface area contributed by atoms with Crippen LogP contribution in [0.5, 0.6) is 0 Å². The van der Waals surface area contributed by atoms with Gasteiger partial charge in [0.25, 0.3) is 0 Å². The van der Waals surface area contributed by atoms with E-state index >= 15 is 0 Å². The standard InChI is InChI=1S/C10H15N5/c11-9-7-5-12-4-3-8(7)14-10(15-9)13-6-1-2-6/h6,12H,1-5H2,(H3,11,13,14,15). The van der Waals surface area contributed by atoms with Gasteiger partial charge in [-0.25, -0.2) is 4.98 Å². The third kappa shape index (κ3) is 1.74. The molecule has 1 fully saturated rings. The Bertz CT molecular complexity index is 386. The Morgan fingerprint density at radius 1 is 1.33 bits per heavy atom. The van der Waals surface area contributed by atoms with Crippen LogP contribution in [0.15, 0.2) is 0 Å². The van der Waals surface area contributed by atoms with Crippen molar-refractivity contribution in [1.29, 1.82) is 0 Å². The summed E-state index contributed by atoms with van der Waals surface area (Å²) >= 11 is 0. The first-order chi connectivity index (χ1) is 7.33. The molecule has 4 N–H and O–H groups in total. The van der Waals surface area contributed by atoms with Crippen LogP contribution in [0.1, 0.15) is 24.1 Å². The number of aromatic nitrogens is 2. The predicted octanol–water partition coefficient (Wildman–Crippen LogP) is 0.279. The van der Waals surface area contributed by atoms with Crippen LogP contribution in [-0.2, 0) is 13.0 Å². The number of anilines is 2. The molecular formula is C10H15N5. The normalized spacial score (nSPS) is 19.7. The first-order valence-corrected chi connectivity index (χ1v) is 5.45. The first kappa shape index (κ1) is 8.91. The van der Waals surface area contributed by atoms with Crippen molar-refractivity contribution in [3.05, 3.63) is 11.3 Å². The van der Waals surface area contributed by atoms with Gasteiger partial charge in [0.15, 0.2) is 0 Å². The summed E-state index contributed by atoms with van der Waals surface area (Å²) in [4.78, 5) is 8.79. The van der Waals surface area contributed by atoms with Crippen LogP contribution < -0.4 is 16.4 Å². The lowest BCUT2D eigenvalue weighted by molar-refractivity contribution is 0.628. The van der Waals surface area contributed by atoms with Crippen molar-refractivity contribution < 1.29 is 0 Å². The monoisotopic (exact) mass is 205 g/mol. The van der Waals surface area contributed by atoms with Crippen molar-refractivity contribution in [2.75, 3.05) is 17.6 Å². The zero-order valence-corrected chi connectivity index (χ0v) is 8.58. The van der Waals surface area contributed by atoms with Gasteiger partial charge in [-0.15, -0.1) is 0 Å². The second-order valence-corrected chi connectivity index (χ2v) is 4.20. The Labute approximate surface area is 88.5 Å². The Hall–Kier alpha value is -1.36. The van der Waals surface area contributed by atoms with Crippen LogP contribution in [0.4, 0.5) is 11.8 Å². The smallest absolute Gasteiger partial charge is 0.225 e. The van der Waals surface area contributed by atoms with E-state index in [2.05, 4.69) is 20.6 Å². The topological polar surface area (TPSA) is 75.9 Å². The molecule has 0 unspecified atom stereocenters. The summed E-state index contributed by atoms with van der Waals surface area (Å²) < 4.78 is 0. The first-order valence-electron chi connectivity index (χ1n) is 5.45. The summed E-state index contributed by atoms with van der Waals surface area (Å²) in [5.41, 5.74) is 8.08. The lowest BCUT2D eigenvalue weighted by atomic mass is 10.1. The van der Waals surface area contributed by atoms with Gasteiger partial charge in [0, 0.05) is 31.1 Å². The Balaban J connectivity index is 1.92. The van der Waals surface area contributed by atoms with Crippen molar-refractivity contribution in [3.63, 3.8) is 0 Å². The molecule has 1 aliphatic carbocycles. The molecule has 1 aliphatic heterocycles. The molecule has 2 heterocycles. The molecule has 1 aromatic heterocycles. The van der Waals surface area contributed by atoms with Crippen molar-refractivity contribution in [3.8, 4) is 0 Å². The SMILES string of the molecule is Nc1nc(NC2CC2)nc2c1CNCC2. The average molecular weight is 205 g/mol. The van der Waals surface area contributed by atoms with E-state index in [4.69, 9.17) is 5.73 Å². The molecule has 0 bridgehead atoms. The minimum Gasteiger partial charge on any atom is -0.383 e. The molecule has 3 rings (SSSR count). The summed E-state index contributed by atoms with van der Waals surface area (Å²) in [6.45, 7) is 1.77.